The molecule has 0 amide bonds. The van der Waals surface area contributed by atoms with Gasteiger partial charge in [-0.2, -0.15) is 12.2 Å². The van der Waals surface area contributed by atoms with Crippen molar-refractivity contribution >= 4 is 0 Å². The molecule has 0 radical (unpaired) electrons. The van der Waals surface area contributed by atoms with Crippen molar-refractivity contribution in [2.75, 3.05) is 0 Å². The summed E-state index contributed by atoms with van der Waals surface area (Å²) in [7, 11) is 0. The second kappa shape index (κ2) is 9.78. The molecule has 1 atom stereocenters. The average Bonchev–Trinajstić information content (AvgIpc) is 2.92. The Bertz CT molecular complexity index is 272. The summed E-state index contributed by atoms with van der Waals surface area (Å²) in [6.45, 7) is 4.53. The Morgan fingerprint density at radius 1 is 1.31 bits per heavy atom. The molecule has 0 saturated heterocycles. The molecule has 0 aromatic heterocycles. The van der Waals surface area contributed by atoms with Gasteiger partial charge in [0, 0.05) is 0 Å². The van der Waals surface area contributed by atoms with Gasteiger partial charge < -0.3 is 0 Å². The van der Waals surface area contributed by atoms with Crippen molar-refractivity contribution in [2.45, 2.75) is 39.5 Å². The van der Waals surface area contributed by atoms with E-state index in [0.717, 1.165) is 18.8 Å². The average molecular weight is 301 g/mol. The number of hydrogen-bond donors (Lipinski definition) is 0. The molecule has 2 aliphatic rings. The van der Waals surface area contributed by atoms with Crippen molar-refractivity contribution in [3.63, 3.8) is 0 Å². The normalized spacial score (nSPS) is 17.5. The molecule has 0 spiro atoms. The molecule has 2 aliphatic carbocycles. The third-order valence-electron chi connectivity index (χ3n) is 2.62. The number of hydrogen-bond acceptors (Lipinski definition) is 0. The van der Waals surface area contributed by atoms with Gasteiger partial charge in [-0.05, 0) is 5.92 Å². The van der Waals surface area contributed by atoms with Gasteiger partial charge in [-0.25, -0.2) is 23.8 Å². The van der Waals surface area contributed by atoms with Crippen molar-refractivity contribution in [1.29, 1.82) is 0 Å². The molecule has 0 saturated carbocycles. The van der Waals surface area contributed by atoms with Crippen LogP contribution in [-0.2, 0) is 19.5 Å². The molecular formula is C15H20Ru. The Morgan fingerprint density at radius 2 is 2.12 bits per heavy atom. The van der Waals surface area contributed by atoms with Crippen molar-refractivity contribution in [3.05, 3.63) is 48.1 Å². The van der Waals surface area contributed by atoms with Crippen LogP contribution in [0.3, 0.4) is 0 Å². The first kappa shape index (κ1) is 15.6. The maximum atomic E-state index is 3.33. The van der Waals surface area contributed by atoms with Crippen LogP contribution in [0.1, 0.15) is 39.5 Å². The summed E-state index contributed by atoms with van der Waals surface area (Å²) in [6, 6.07) is 0. The summed E-state index contributed by atoms with van der Waals surface area (Å²) in [5, 5.41) is 0. The predicted octanol–water partition coefficient (Wildman–Crippen LogP) is 4.42. The minimum Gasteiger partial charge on any atom is -0.273 e. The van der Waals surface area contributed by atoms with Crippen LogP contribution in [-0.4, -0.2) is 0 Å². The van der Waals surface area contributed by atoms with E-state index in [4.69, 9.17) is 0 Å². The summed E-state index contributed by atoms with van der Waals surface area (Å²) in [6.07, 6.45) is 21.2. The zero-order valence-corrected chi connectivity index (χ0v) is 11.9. The van der Waals surface area contributed by atoms with Crippen LogP contribution in [0.25, 0.3) is 0 Å². The Morgan fingerprint density at radius 3 is 2.50 bits per heavy atom. The molecule has 0 nitrogen and oxygen atoms in total. The van der Waals surface area contributed by atoms with Gasteiger partial charge in [0.15, 0.2) is 0 Å². The Labute approximate surface area is 113 Å². The zero-order chi connectivity index (χ0) is 10.9. The fraction of sp³-hybridized carbons (Fsp3) is 0.467. The van der Waals surface area contributed by atoms with Crippen molar-refractivity contribution < 1.29 is 19.5 Å². The van der Waals surface area contributed by atoms with Gasteiger partial charge in [0.1, 0.15) is 0 Å². The fourth-order valence-corrected chi connectivity index (χ4v) is 1.45. The number of allylic oxidation sites excluding steroid dienone is 8. The molecule has 1 heteroatoms. The standard InChI is InChI=1S/C10H15.C5H5.Ru/c1-3-9(2)8-10-6-4-5-7-10;1-2-4-5-3-1;/h4,6,9H,3,5,8H2,1-2H3;1-3H,4H2;/q2*-1;+2. The van der Waals surface area contributed by atoms with E-state index in [1.807, 2.05) is 12.2 Å². The molecule has 0 aliphatic heterocycles. The molecule has 0 heterocycles. The van der Waals surface area contributed by atoms with Gasteiger partial charge in [0.05, 0.1) is 0 Å². The van der Waals surface area contributed by atoms with Crippen LogP contribution in [0.4, 0.5) is 0 Å². The number of rotatable bonds is 3. The first-order chi connectivity index (χ1) is 7.33. The second-order valence-corrected chi connectivity index (χ2v) is 4.03. The van der Waals surface area contributed by atoms with E-state index >= 15 is 0 Å². The van der Waals surface area contributed by atoms with Crippen molar-refractivity contribution in [3.8, 4) is 0 Å². The largest absolute Gasteiger partial charge is 2.00 e. The summed E-state index contributed by atoms with van der Waals surface area (Å²) in [5.74, 6) is 0.824. The van der Waals surface area contributed by atoms with Crippen LogP contribution in [0, 0.1) is 18.1 Å². The minimum atomic E-state index is 0. The van der Waals surface area contributed by atoms with E-state index in [-0.39, 0.29) is 19.5 Å². The predicted molar refractivity (Wildman–Crippen MR) is 66.2 cm³/mol. The van der Waals surface area contributed by atoms with E-state index in [1.54, 1.807) is 0 Å². The first-order valence-electron chi connectivity index (χ1n) is 5.81. The van der Waals surface area contributed by atoms with Gasteiger partial charge in [0.25, 0.3) is 0 Å². The summed E-state index contributed by atoms with van der Waals surface area (Å²) in [5.41, 5.74) is 1.41. The Hall–Kier alpha value is -0.417. The summed E-state index contributed by atoms with van der Waals surface area (Å²) in [4.78, 5) is 0. The SMILES string of the molecule is CCC(C)CC1=[C-]CC=C1.[C-]1=CC=CC1.[Ru+2]. The van der Waals surface area contributed by atoms with Gasteiger partial charge in [-0.15, -0.1) is 12.8 Å². The quantitative estimate of drug-likeness (QED) is 0.535. The van der Waals surface area contributed by atoms with Crippen LogP contribution in [0.2, 0.25) is 0 Å². The van der Waals surface area contributed by atoms with Gasteiger partial charge in [-0.1, -0.05) is 26.7 Å². The summed E-state index contributed by atoms with van der Waals surface area (Å²) >= 11 is 0. The molecular weight excluding hydrogens is 281 g/mol. The first-order valence-corrected chi connectivity index (χ1v) is 5.81. The van der Waals surface area contributed by atoms with Crippen LogP contribution < -0.4 is 0 Å². The van der Waals surface area contributed by atoms with Crippen LogP contribution >= 0.6 is 0 Å². The topological polar surface area (TPSA) is 0 Å². The van der Waals surface area contributed by atoms with E-state index < -0.39 is 0 Å². The third-order valence-corrected chi connectivity index (χ3v) is 2.62. The van der Waals surface area contributed by atoms with E-state index in [0.29, 0.717) is 0 Å². The summed E-state index contributed by atoms with van der Waals surface area (Å²) < 4.78 is 0. The van der Waals surface area contributed by atoms with E-state index in [2.05, 4.69) is 44.2 Å². The molecule has 0 fully saturated rings. The zero-order valence-electron chi connectivity index (χ0n) is 10.1. The van der Waals surface area contributed by atoms with Crippen molar-refractivity contribution in [2.24, 2.45) is 5.92 Å². The van der Waals surface area contributed by atoms with Crippen LogP contribution in [0.5, 0.6) is 0 Å². The molecule has 1 unspecified atom stereocenters. The van der Waals surface area contributed by atoms with E-state index in [1.165, 1.54) is 18.4 Å². The molecule has 0 aromatic carbocycles. The third kappa shape index (κ3) is 6.96. The molecule has 0 N–H and O–H groups in total. The Balaban J connectivity index is 0.000000318. The molecule has 0 aromatic rings. The second-order valence-electron chi connectivity index (χ2n) is 4.03. The maximum Gasteiger partial charge on any atom is 2.00 e. The van der Waals surface area contributed by atoms with Crippen molar-refractivity contribution in [1.82, 2.24) is 0 Å². The van der Waals surface area contributed by atoms with Gasteiger partial charge in [-0.3, -0.25) is 12.2 Å². The van der Waals surface area contributed by atoms with Gasteiger partial charge >= 0.3 is 19.5 Å². The van der Waals surface area contributed by atoms with E-state index in [9.17, 15) is 0 Å². The van der Waals surface area contributed by atoms with Gasteiger partial charge in [0.2, 0.25) is 0 Å². The monoisotopic (exact) mass is 302 g/mol. The molecule has 16 heavy (non-hydrogen) atoms. The smallest absolute Gasteiger partial charge is 0.273 e. The Kier molecular flexibility index (Phi) is 9.53. The molecule has 0 bridgehead atoms. The fourth-order valence-electron chi connectivity index (χ4n) is 1.45. The molecule has 88 valence electrons. The molecule has 2 rings (SSSR count). The van der Waals surface area contributed by atoms with Crippen LogP contribution in [0.15, 0.2) is 36.0 Å². The maximum absolute atomic E-state index is 3.33. The minimum absolute atomic E-state index is 0.